The van der Waals surface area contributed by atoms with Crippen molar-refractivity contribution in [3.8, 4) is 0 Å². The minimum Gasteiger partial charge on any atom is -0.459 e. The Bertz CT molecular complexity index is 733. The van der Waals surface area contributed by atoms with Crippen molar-refractivity contribution >= 4 is 17.6 Å². The molecule has 0 radical (unpaired) electrons. The standard InChI is InChI=1S/C18H23N5O3/c1-3-21(4-2)17(24)14-7-8-16(20-19-14)22-9-11-23(12-10-22)18(25)15-6-5-13-26-15/h5-8,13H,3-4,9-12H2,1-2H3. The van der Waals surface area contributed by atoms with Crippen LogP contribution in [0.4, 0.5) is 5.82 Å². The molecule has 2 aromatic rings. The van der Waals surface area contributed by atoms with Crippen LogP contribution in [-0.4, -0.2) is 71.1 Å². The van der Waals surface area contributed by atoms with Gasteiger partial charge in [-0.15, -0.1) is 10.2 Å². The van der Waals surface area contributed by atoms with Crippen molar-refractivity contribution < 1.29 is 14.0 Å². The molecule has 8 nitrogen and oxygen atoms in total. The molecule has 1 fully saturated rings. The summed E-state index contributed by atoms with van der Waals surface area (Å²) in [5.74, 6) is 0.868. The van der Waals surface area contributed by atoms with Crippen molar-refractivity contribution in [2.75, 3.05) is 44.2 Å². The average Bonchev–Trinajstić information content (AvgIpc) is 3.23. The monoisotopic (exact) mass is 357 g/mol. The number of furan rings is 1. The molecule has 0 aromatic carbocycles. The van der Waals surface area contributed by atoms with Gasteiger partial charge in [0.25, 0.3) is 11.8 Å². The maximum absolute atomic E-state index is 12.3. The van der Waals surface area contributed by atoms with Gasteiger partial charge in [-0.2, -0.15) is 0 Å². The molecule has 1 saturated heterocycles. The molecule has 0 spiro atoms. The fourth-order valence-electron chi connectivity index (χ4n) is 2.98. The van der Waals surface area contributed by atoms with E-state index in [2.05, 4.69) is 15.1 Å². The lowest BCUT2D eigenvalue weighted by Crippen LogP contribution is -2.49. The third-order valence-electron chi connectivity index (χ3n) is 4.54. The predicted octanol–water partition coefficient (Wildman–Crippen LogP) is 1.51. The van der Waals surface area contributed by atoms with Gasteiger partial charge in [0.2, 0.25) is 0 Å². The Hall–Kier alpha value is -2.90. The molecule has 8 heteroatoms. The Morgan fingerprint density at radius 3 is 2.35 bits per heavy atom. The van der Waals surface area contributed by atoms with Crippen molar-refractivity contribution in [1.29, 1.82) is 0 Å². The molecule has 2 amide bonds. The molecular weight excluding hydrogens is 334 g/mol. The van der Waals surface area contributed by atoms with E-state index < -0.39 is 0 Å². The smallest absolute Gasteiger partial charge is 0.289 e. The van der Waals surface area contributed by atoms with Crippen LogP contribution in [0.15, 0.2) is 34.9 Å². The van der Waals surface area contributed by atoms with E-state index in [-0.39, 0.29) is 11.8 Å². The van der Waals surface area contributed by atoms with E-state index in [0.717, 1.165) is 0 Å². The lowest BCUT2D eigenvalue weighted by molar-refractivity contribution is 0.0713. The first kappa shape index (κ1) is 17.9. The fourth-order valence-corrected chi connectivity index (χ4v) is 2.98. The number of anilines is 1. The largest absolute Gasteiger partial charge is 0.459 e. The first-order valence-corrected chi connectivity index (χ1v) is 8.84. The molecule has 0 atom stereocenters. The average molecular weight is 357 g/mol. The molecular formula is C18H23N5O3. The Labute approximate surface area is 152 Å². The summed E-state index contributed by atoms with van der Waals surface area (Å²) < 4.78 is 5.17. The molecule has 1 aliphatic heterocycles. The van der Waals surface area contributed by atoms with Crippen molar-refractivity contribution in [3.63, 3.8) is 0 Å². The summed E-state index contributed by atoms with van der Waals surface area (Å²) in [5.41, 5.74) is 0.351. The Morgan fingerprint density at radius 2 is 1.81 bits per heavy atom. The van der Waals surface area contributed by atoms with E-state index in [4.69, 9.17) is 4.42 Å². The van der Waals surface area contributed by atoms with Crippen LogP contribution in [0.3, 0.4) is 0 Å². The Morgan fingerprint density at radius 1 is 1.08 bits per heavy atom. The number of aromatic nitrogens is 2. The zero-order valence-electron chi connectivity index (χ0n) is 15.1. The van der Waals surface area contributed by atoms with Gasteiger partial charge < -0.3 is 19.1 Å². The highest BCUT2D eigenvalue weighted by Gasteiger charge is 2.24. The van der Waals surface area contributed by atoms with Gasteiger partial charge in [0.1, 0.15) is 0 Å². The highest BCUT2D eigenvalue weighted by Crippen LogP contribution is 2.15. The molecule has 3 rings (SSSR count). The Kier molecular flexibility index (Phi) is 5.50. The molecule has 0 N–H and O–H groups in total. The fraction of sp³-hybridized carbons (Fsp3) is 0.444. The van der Waals surface area contributed by atoms with Crippen molar-refractivity contribution in [1.82, 2.24) is 20.0 Å². The molecule has 0 unspecified atom stereocenters. The summed E-state index contributed by atoms with van der Waals surface area (Å²) in [5, 5.41) is 8.29. The van der Waals surface area contributed by atoms with E-state index in [0.29, 0.717) is 56.5 Å². The van der Waals surface area contributed by atoms with E-state index in [1.54, 1.807) is 28.0 Å². The number of nitrogens with zero attached hydrogens (tertiary/aromatic N) is 5. The minimum absolute atomic E-state index is 0.0964. The van der Waals surface area contributed by atoms with E-state index >= 15 is 0 Å². The predicted molar refractivity (Wildman–Crippen MR) is 96.1 cm³/mol. The summed E-state index contributed by atoms with van der Waals surface area (Å²) >= 11 is 0. The Balaban J connectivity index is 1.59. The molecule has 3 heterocycles. The van der Waals surface area contributed by atoms with Crippen LogP contribution in [0.5, 0.6) is 0 Å². The second kappa shape index (κ2) is 7.99. The molecule has 2 aromatic heterocycles. The van der Waals surface area contributed by atoms with Gasteiger partial charge in [-0.05, 0) is 38.1 Å². The maximum atomic E-state index is 12.3. The molecule has 0 bridgehead atoms. The van der Waals surface area contributed by atoms with Crippen LogP contribution in [-0.2, 0) is 0 Å². The second-order valence-corrected chi connectivity index (χ2v) is 6.01. The number of rotatable bonds is 5. The number of hydrogen-bond donors (Lipinski definition) is 0. The van der Waals surface area contributed by atoms with Crippen molar-refractivity contribution in [2.45, 2.75) is 13.8 Å². The van der Waals surface area contributed by atoms with Crippen LogP contribution in [0.1, 0.15) is 34.9 Å². The van der Waals surface area contributed by atoms with E-state index in [1.807, 2.05) is 19.9 Å². The number of carbonyl (C=O) groups excluding carboxylic acids is 2. The summed E-state index contributed by atoms with van der Waals surface area (Å²) in [4.78, 5) is 30.1. The van der Waals surface area contributed by atoms with E-state index in [1.165, 1.54) is 6.26 Å². The lowest BCUT2D eigenvalue weighted by Gasteiger charge is -2.34. The van der Waals surface area contributed by atoms with Crippen LogP contribution in [0.2, 0.25) is 0 Å². The summed E-state index contributed by atoms with van der Waals surface area (Å²) in [6.07, 6.45) is 1.50. The van der Waals surface area contributed by atoms with Crippen LogP contribution in [0, 0.1) is 0 Å². The minimum atomic E-state index is -0.108. The van der Waals surface area contributed by atoms with Crippen molar-refractivity contribution in [2.24, 2.45) is 0 Å². The SMILES string of the molecule is CCN(CC)C(=O)c1ccc(N2CCN(C(=O)c3ccco3)CC2)nn1. The number of piperazine rings is 1. The maximum Gasteiger partial charge on any atom is 0.289 e. The lowest BCUT2D eigenvalue weighted by atomic mass is 10.2. The number of hydrogen-bond acceptors (Lipinski definition) is 6. The molecule has 0 saturated carbocycles. The van der Waals surface area contributed by atoms with Crippen LogP contribution < -0.4 is 4.90 Å². The van der Waals surface area contributed by atoms with Gasteiger partial charge in [0.05, 0.1) is 6.26 Å². The molecule has 1 aliphatic rings. The summed E-state index contributed by atoms with van der Waals surface area (Å²) in [6, 6.07) is 6.91. The van der Waals surface area contributed by atoms with Gasteiger partial charge >= 0.3 is 0 Å². The van der Waals surface area contributed by atoms with Crippen LogP contribution in [0.25, 0.3) is 0 Å². The molecule has 0 aliphatic carbocycles. The van der Waals surface area contributed by atoms with Gasteiger partial charge in [0, 0.05) is 39.3 Å². The highest BCUT2D eigenvalue weighted by atomic mass is 16.3. The topological polar surface area (TPSA) is 82.8 Å². The molecule has 138 valence electrons. The number of amides is 2. The van der Waals surface area contributed by atoms with Gasteiger partial charge in [0.15, 0.2) is 17.3 Å². The van der Waals surface area contributed by atoms with Gasteiger partial charge in [-0.3, -0.25) is 9.59 Å². The zero-order chi connectivity index (χ0) is 18.5. The first-order chi connectivity index (χ1) is 12.6. The zero-order valence-corrected chi connectivity index (χ0v) is 15.1. The molecule has 26 heavy (non-hydrogen) atoms. The van der Waals surface area contributed by atoms with Gasteiger partial charge in [-0.25, -0.2) is 0 Å². The van der Waals surface area contributed by atoms with E-state index in [9.17, 15) is 9.59 Å². The highest BCUT2D eigenvalue weighted by molar-refractivity contribution is 5.92. The summed E-state index contributed by atoms with van der Waals surface area (Å²) in [6.45, 7) is 7.64. The normalized spacial score (nSPS) is 14.4. The summed E-state index contributed by atoms with van der Waals surface area (Å²) in [7, 11) is 0. The number of carbonyl (C=O) groups is 2. The van der Waals surface area contributed by atoms with Crippen molar-refractivity contribution in [3.05, 3.63) is 42.0 Å². The quantitative estimate of drug-likeness (QED) is 0.807. The first-order valence-electron chi connectivity index (χ1n) is 8.84. The van der Waals surface area contributed by atoms with Gasteiger partial charge in [-0.1, -0.05) is 0 Å². The van der Waals surface area contributed by atoms with Crippen LogP contribution >= 0.6 is 0 Å². The third kappa shape index (κ3) is 3.68. The second-order valence-electron chi connectivity index (χ2n) is 6.01. The third-order valence-corrected chi connectivity index (χ3v) is 4.54.